The third-order valence-corrected chi connectivity index (χ3v) is 4.18. The fourth-order valence-electron chi connectivity index (χ4n) is 2.92. The molecule has 0 bridgehead atoms. The molecule has 0 amide bonds. The van der Waals surface area contributed by atoms with Crippen LogP contribution in [0, 0.1) is 0 Å². The first-order valence-corrected chi connectivity index (χ1v) is 8.20. The van der Waals surface area contributed by atoms with Crippen LogP contribution in [0.1, 0.15) is 5.56 Å². The number of para-hydroxylation sites is 2. The van der Waals surface area contributed by atoms with Crippen LogP contribution in [-0.4, -0.2) is 23.4 Å². The predicted molar refractivity (Wildman–Crippen MR) is 105 cm³/mol. The minimum Gasteiger partial charge on any atom is -0.504 e. The number of hydrogen-bond acceptors (Lipinski definition) is 5. The summed E-state index contributed by atoms with van der Waals surface area (Å²) in [5.41, 5.74) is 6.63. The summed E-state index contributed by atoms with van der Waals surface area (Å²) in [6, 6.07) is 21.0. The molecule has 3 aromatic carbocycles. The number of benzene rings is 3. The number of fused-ring (bicyclic) bond motifs is 2. The molecule has 0 atom stereocenters. The van der Waals surface area contributed by atoms with Gasteiger partial charge in [0.2, 0.25) is 0 Å². The van der Waals surface area contributed by atoms with E-state index in [0.29, 0.717) is 5.75 Å². The average Bonchev–Trinajstić information content (AvgIpc) is 2.67. The maximum Gasteiger partial charge on any atom is 0.160 e. The molecule has 1 heterocycles. The zero-order valence-electron chi connectivity index (χ0n) is 14.2. The van der Waals surface area contributed by atoms with Crippen molar-refractivity contribution >= 4 is 33.7 Å². The van der Waals surface area contributed by atoms with E-state index in [2.05, 4.69) is 10.5 Å². The van der Waals surface area contributed by atoms with Crippen molar-refractivity contribution in [2.24, 2.45) is 5.10 Å². The van der Waals surface area contributed by atoms with Crippen LogP contribution in [0.4, 0.5) is 5.69 Å². The van der Waals surface area contributed by atoms with Crippen molar-refractivity contribution < 1.29 is 9.84 Å². The van der Waals surface area contributed by atoms with Crippen LogP contribution >= 0.6 is 0 Å². The minimum atomic E-state index is 0.0799. The van der Waals surface area contributed by atoms with E-state index < -0.39 is 0 Å². The summed E-state index contributed by atoms with van der Waals surface area (Å²) in [7, 11) is 1.52. The topological polar surface area (TPSA) is 66.7 Å². The van der Waals surface area contributed by atoms with Gasteiger partial charge in [0.25, 0.3) is 0 Å². The highest BCUT2D eigenvalue weighted by Crippen LogP contribution is 2.30. The maximum absolute atomic E-state index is 9.88. The lowest BCUT2D eigenvalue weighted by Gasteiger charge is -2.10. The first-order chi connectivity index (χ1) is 12.8. The molecule has 5 heteroatoms. The van der Waals surface area contributed by atoms with Gasteiger partial charge in [-0.1, -0.05) is 36.4 Å². The van der Waals surface area contributed by atoms with Gasteiger partial charge in [-0.3, -0.25) is 5.43 Å². The zero-order chi connectivity index (χ0) is 17.9. The number of anilines is 1. The molecule has 0 aliphatic rings. The number of phenolic OH excluding ortho intramolecular Hbond substituents is 1. The third kappa shape index (κ3) is 2.91. The quantitative estimate of drug-likeness (QED) is 0.324. The number of pyridine rings is 1. The average molecular weight is 343 g/mol. The Bertz CT molecular complexity index is 1070. The van der Waals surface area contributed by atoms with E-state index in [0.717, 1.165) is 33.1 Å². The lowest BCUT2D eigenvalue weighted by atomic mass is 10.1. The molecule has 4 aromatic rings. The van der Waals surface area contributed by atoms with E-state index in [1.165, 1.54) is 7.11 Å². The molecule has 1 aromatic heterocycles. The summed E-state index contributed by atoms with van der Waals surface area (Å²) in [6.45, 7) is 0. The number of nitrogens with zero attached hydrogens (tertiary/aromatic N) is 2. The molecule has 26 heavy (non-hydrogen) atoms. The van der Waals surface area contributed by atoms with E-state index in [9.17, 15) is 5.11 Å². The molecular formula is C21H17N3O2. The number of phenols is 1. The number of aromatic nitrogens is 1. The van der Waals surface area contributed by atoms with Gasteiger partial charge in [0, 0.05) is 10.8 Å². The molecule has 0 spiro atoms. The van der Waals surface area contributed by atoms with Gasteiger partial charge in [-0.05, 0) is 35.9 Å². The molecule has 4 rings (SSSR count). The Hall–Kier alpha value is -3.60. The van der Waals surface area contributed by atoms with Crippen LogP contribution in [0.5, 0.6) is 11.5 Å². The summed E-state index contributed by atoms with van der Waals surface area (Å²) >= 11 is 0. The molecule has 0 radical (unpaired) electrons. The first-order valence-electron chi connectivity index (χ1n) is 8.20. The summed E-state index contributed by atoms with van der Waals surface area (Å²) in [5, 5.41) is 16.2. The van der Waals surface area contributed by atoms with Crippen molar-refractivity contribution in [1.82, 2.24) is 4.98 Å². The minimum absolute atomic E-state index is 0.0799. The Morgan fingerprint density at radius 3 is 2.23 bits per heavy atom. The van der Waals surface area contributed by atoms with Gasteiger partial charge in [0.05, 0.1) is 30.0 Å². The second-order valence-corrected chi connectivity index (χ2v) is 5.82. The third-order valence-electron chi connectivity index (χ3n) is 4.18. The van der Waals surface area contributed by atoms with E-state index in [1.807, 2.05) is 54.6 Å². The van der Waals surface area contributed by atoms with Crippen molar-refractivity contribution in [2.45, 2.75) is 0 Å². The van der Waals surface area contributed by atoms with Gasteiger partial charge in [-0.25, -0.2) is 4.98 Å². The van der Waals surface area contributed by atoms with Crippen LogP contribution in [0.2, 0.25) is 0 Å². The lowest BCUT2D eigenvalue weighted by Crippen LogP contribution is -1.95. The van der Waals surface area contributed by atoms with Gasteiger partial charge in [-0.15, -0.1) is 0 Å². The second kappa shape index (κ2) is 6.72. The largest absolute Gasteiger partial charge is 0.504 e. The van der Waals surface area contributed by atoms with E-state index in [4.69, 9.17) is 9.72 Å². The normalized spacial score (nSPS) is 11.3. The van der Waals surface area contributed by atoms with Crippen LogP contribution in [0.15, 0.2) is 71.8 Å². The van der Waals surface area contributed by atoms with E-state index in [1.54, 1.807) is 18.3 Å². The second-order valence-electron chi connectivity index (χ2n) is 5.82. The van der Waals surface area contributed by atoms with Crippen molar-refractivity contribution in [3.63, 3.8) is 0 Å². The van der Waals surface area contributed by atoms with Crippen molar-refractivity contribution in [3.05, 3.63) is 72.3 Å². The summed E-state index contributed by atoms with van der Waals surface area (Å²) in [5.74, 6) is 0.512. The standard InChI is InChI=1S/C21H17N3O2/c1-26-20-11-10-14(12-19(20)25)13-22-24-21-15-6-2-4-8-17(15)23-18-9-5-3-7-16(18)21/h2-13,25H,1H3,(H,23,24)/b22-13+. The summed E-state index contributed by atoms with van der Waals surface area (Å²) < 4.78 is 5.05. The number of hydrogen-bond donors (Lipinski definition) is 2. The number of methoxy groups -OCH3 is 1. The van der Waals surface area contributed by atoms with Crippen molar-refractivity contribution in [1.29, 1.82) is 0 Å². The van der Waals surface area contributed by atoms with Crippen molar-refractivity contribution in [2.75, 3.05) is 12.5 Å². The maximum atomic E-state index is 9.88. The van der Waals surface area contributed by atoms with Crippen LogP contribution < -0.4 is 10.2 Å². The smallest absolute Gasteiger partial charge is 0.160 e. The first kappa shape index (κ1) is 15.9. The van der Waals surface area contributed by atoms with Gasteiger partial charge in [-0.2, -0.15) is 5.10 Å². The zero-order valence-corrected chi connectivity index (χ0v) is 14.2. The van der Waals surface area contributed by atoms with E-state index in [-0.39, 0.29) is 5.75 Å². The molecule has 0 fully saturated rings. The molecular weight excluding hydrogens is 326 g/mol. The molecule has 0 unspecified atom stereocenters. The Morgan fingerprint density at radius 1 is 0.962 bits per heavy atom. The monoisotopic (exact) mass is 343 g/mol. The Morgan fingerprint density at radius 2 is 1.62 bits per heavy atom. The highest BCUT2D eigenvalue weighted by molar-refractivity contribution is 6.07. The van der Waals surface area contributed by atoms with Gasteiger partial charge < -0.3 is 9.84 Å². The highest BCUT2D eigenvalue weighted by Gasteiger charge is 2.07. The summed E-state index contributed by atoms with van der Waals surface area (Å²) in [4.78, 5) is 4.70. The van der Waals surface area contributed by atoms with Gasteiger partial charge in [0.15, 0.2) is 11.5 Å². The Labute approximate surface area is 150 Å². The van der Waals surface area contributed by atoms with Gasteiger partial charge in [0.1, 0.15) is 0 Å². The number of hydrazone groups is 1. The van der Waals surface area contributed by atoms with Crippen LogP contribution in [0.25, 0.3) is 21.8 Å². The predicted octanol–water partition coefficient (Wildman–Crippen LogP) is 4.55. The Balaban J connectivity index is 1.73. The molecule has 128 valence electrons. The van der Waals surface area contributed by atoms with Crippen LogP contribution in [-0.2, 0) is 0 Å². The van der Waals surface area contributed by atoms with Crippen LogP contribution in [0.3, 0.4) is 0 Å². The number of ether oxygens (including phenoxy) is 1. The molecule has 0 saturated heterocycles. The fraction of sp³-hybridized carbons (Fsp3) is 0.0476. The highest BCUT2D eigenvalue weighted by atomic mass is 16.5. The SMILES string of the molecule is COc1ccc(/C=N/Nc2c3ccccc3nc3ccccc23)cc1O. The molecule has 0 saturated carbocycles. The molecule has 0 aliphatic heterocycles. The molecule has 0 aliphatic carbocycles. The van der Waals surface area contributed by atoms with Crippen molar-refractivity contribution in [3.8, 4) is 11.5 Å². The molecule has 2 N–H and O–H groups in total. The number of aromatic hydroxyl groups is 1. The number of rotatable bonds is 4. The molecule has 5 nitrogen and oxygen atoms in total. The Kier molecular flexibility index (Phi) is 4.11. The summed E-state index contributed by atoms with van der Waals surface area (Å²) in [6.07, 6.45) is 1.66. The van der Waals surface area contributed by atoms with Gasteiger partial charge >= 0.3 is 0 Å². The number of nitrogens with one attached hydrogen (secondary N) is 1. The fourth-order valence-corrected chi connectivity index (χ4v) is 2.92. The lowest BCUT2D eigenvalue weighted by molar-refractivity contribution is 0.373. The van der Waals surface area contributed by atoms with E-state index >= 15 is 0 Å².